The van der Waals surface area contributed by atoms with Gasteiger partial charge in [0.1, 0.15) is 0 Å². The van der Waals surface area contributed by atoms with Crippen LogP contribution in [-0.4, -0.2) is 4.92 Å². The van der Waals surface area contributed by atoms with Crippen LogP contribution in [0.3, 0.4) is 0 Å². The molecule has 0 saturated heterocycles. The standard InChI is InChI=1S/C28H19NO2/c1-27-18-8-12-21-19-10-6-16-4-3-5-17-7-11-20(26(19)25(16)17)22(28(21,27)2)13-14-23(27)24(15-9-18)29(30)31/h3-15H,1-2H3/t27-,28-/m0/s1. The molecular weight excluding hydrogens is 382 g/mol. The molecule has 3 nitrogen and oxygen atoms in total. The lowest BCUT2D eigenvalue weighted by Gasteiger charge is -2.56. The lowest BCUT2D eigenvalue weighted by Crippen LogP contribution is -2.49. The maximum Gasteiger partial charge on any atom is 0.273 e. The lowest BCUT2D eigenvalue weighted by molar-refractivity contribution is -0.422. The van der Waals surface area contributed by atoms with Gasteiger partial charge in [-0.25, -0.2) is 0 Å². The SMILES string of the molecule is C[C@]12C3=CC=C([N+](=O)[O-])C1=CC=C1c4ccc5cccc6ccc(c4c56)=C(C=C3)[C@@]12C. The molecule has 0 aromatic heterocycles. The van der Waals surface area contributed by atoms with Crippen molar-refractivity contribution in [2.24, 2.45) is 10.8 Å². The average molecular weight is 401 g/mol. The zero-order valence-corrected chi connectivity index (χ0v) is 17.3. The average Bonchev–Trinajstić information content (AvgIpc) is 2.76. The molecule has 31 heavy (non-hydrogen) atoms. The summed E-state index contributed by atoms with van der Waals surface area (Å²) in [4.78, 5) is 11.7. The second-order valence-electron chi connectivity index (χ2n) is 9.27. The minimum absolute atomic E-state index is 0.202. The highest BCUT2D eigenvalue weighted by Crippen LogP contribution is 2.68. The van der Waals surface area contributed by atoms with Gasteiger partial charge in [0.25, 0.3) is 5.70 Å². The molecular formula is C28H19NO2. The van der Waals surface area contributed by atoms with E-state index in [1.54, 1.807) is 6.08 Å². The fourth-order valence-corrected chi connectivity index (χ4v) is 6.63. The monoisotopic (exact) mass is 401 g/mol. The zero-order valence-electron chi connectivity index (χ0n) is 17.3. The van der Waals surface area contributed by atoms with Crippen LogP contribution in [0.15, 0.2) is 95.8 Å². The van der Waals surface area contributed by atoms with E-state index in [1.165, 1.54) is 43.5 Å². The van der Waals surface area contributed by atoms with E-state index in [1.807, 2.05) is 12.2 Å². The van der Waals surface area contributed by atoms with Crippen LogP contribution in [-0.2, 0) is 0 Å². The summed E-state index contributed by atoms with van der Waals surface area (Å²) in [6.07, 6.45) is 12.1. The third-order valence-electron chi connectivity index (χ3n) is 8.29. The van der Waals surface area contributed by atoms with Crippen LogP contribution in [0.2, 0.25) is 0 Å². The van der Waals surface area contributed by atoms with E-state index in [2.05, 4.69) is 74.5 Å². The smallest absolute Gasteiger partial charge is 0.258 e. The molecule has 0 heterocycles. The second kappa shape index (κ2) is 5.12. The highest BCUT2D eigenvalue weighted by Gasteiger charge is 2.60. The van der Waals surface area contributed by atoms with Gasteiger partial charge in [-0.2, -0.15) is 0 Å². The number of fused-ring (bicyclic) bond motifs is 1. The lowest BCUT2D eigenvalue weighted by atomic mass is 9.45. The number of hydrogen-bond acceptors (Lipinski definition) is 2. The fraction of sp³-hybridized carbons (Fsp3) is 0.143. The summed E-state index contributed by atoms with van der Waals surface area (Å²) in [6.45, 7) is 4.46. The van der Waals surface area contributed by atoms with Crippen molar-refractivity contribution in [2.75, 3.05) is 0 Å². The molecule has 3 heteroatoms. The highest BCUT2D eigenvalue weighted by molar-refractivity contribution is 6.17. The third kappa shape index (κ3) is 1.67. The highest BCUT2D eigenvalue weighted by atomic mass is 16.6. The Hall–Kier alpha value is -3.72. The summed E-state index contributed by atoms with van der Waals surface area (Å²) in [6, 6.07) is 15.4. The molecule has 148 valence electrons. The molecule has 0 bridgehead atoms. The Morgan fingerprint density at radius 2 is 1.52 bits per heavy atom. The van der Waals surface area contributed by atoms with Crippen LogP contribution in [0.25, 0.3) is 32.7 Å². The topological polar surface area (TPSA) is 43.1 Å². The summed E-state index contributed by atoms with van der Waals surface area (Å²) in [5.74, 6) is 0. The molecule has 0 fully saturated rings. The summed E-state index contributed by atoms with van der Waals surface area (Å²) >= 11 is 0. The van der Waals surface area contributed by atoms with Gasteiger partial charge in [-0.15, -0.1) is 0 Å². The van der Waals surface area contributed by atoms with Crippen LogP contribution in [0, 0.1) is 20.9 Å². The van der Waals surface area contributed by atoms with Crippen molar-refractivity contribution in [3.63, 3.8) is 0 Å². The number of nitrogens with zero attached hydrogens (tertiary/aromatic N) is 1. The molecule has 0 N–H and O–H groups in total. The summed E-state index contributed by atoms with van der Waals surface area (Å²) in [5, 5.41) is 18.2. The molecule has 0 aliphatic heterocycles. The molecule has 0 amide bonds. The molecule has 4 aliphatic carbocycles. The Morgan fingerprint density at radius 3 is 2.29 bits per heavy atom. The van der Waals surface area contributed by atoms with E-state index in [4.69, 9.17) is 0 Å². The Bertz CT molecular complexity index is 1610. The summed E-state index contributed by atoms with van der Waals surface area (Å²) in [7, 11) is 0. The predicted octanol–water partition coefficient (Wildman–Crippen LogP) is 5.88. The summed E-state index contributed by atoms with van der Waals surface area (Å²) < 4.78 is 0. The van der Waals surface area contributed by atoms with Crippen molar-refractivity contribution < 1.29 is 4.92 Å². The molecule has 0 saturated carbocycles. The van der Waals surface area contributed by atoms with Crippen molar-refractivity contribution in [1.29, 1.82) is 0 Å². The third-order valence-corrected chi connectivity index (χ3v) is 8.29. The van der Waals surface area contributed by atoms with Crippen LogP contribution in [0.5, 0.6) is 0 Å². The quantitative estimate of drug-likeness (QED) is 0.377. The zero-order chi connectivity index (χ0) is 21.1. The predicted molar refractivity (Wildman–Crippen MR) is 125 cm³/mol. The normalized spacial score (nSPS) is 27.5. The van der Waals surface area contributed by atoms with Gasteiger partial charge in [-0.3, -0.25) is 10.1 Å². The van der Waals surface area contributed by atoms with E-state index in [9.17, 15) is 10.1 Å². The minimum atomic E-state index is -0.497. The molecule has 0 radical (unpaired) electrons. The Labute approximate surface area is 179 Å². The number of allylic oxidation sites excluding steroid dienone is 9. The van der Waals surface area contributed by atoms with Crippen molar-refractivity contribution in [2.45, 2.75) is 13.8 Å². The molecule has 0 unspecified atom stereocenters. The van der Waals surface area contributed by atoms with Gasteiger partial charge in [0.15, 0.2) is 0 Å². The number of rotatable bonds is 1. The van der Waals surface area contributed by atoms with E-state index in [-0.39, 0.29) is 16.0 Å². The second-order valence-corrected chi connectivity index (χ2v) is 9.27. The first-order chi connectivity index (χ1) is 15.0. The van der Waals surface area contributed by atoms with Gasteiger partial charge in [-0.1, -0.05) is 79.8 Å². The Balaban J connectivity index is 1.73. The Kier molecular flexibility index (Phi) is 2.81. The first kappa shape index (κ1) is 17.0. The first-order valence-electron chi connectivity index (χ1n) is 10.6. The summed E-state index contributed by atoms with van der Waals surface area (Å²) in [5.41, 5.74) is 4.99. The molecule has 0 spiro atoms. The Morgan fingerprint density at radius 1 is 0.774 bits per heavy atom. The van der Waals surface area contributed by atoms with E-state index in [0.717, 1.165) is 11.1 Å². The largest absolute Gasteiger partial charge is 0.273 e. The van der Waals surface area contributed by atoms with E-state index < -0.39 is 5.41 Å². The van der Waals surface area contributed by atoms with Crippen LogP contribution < -0.4 is 5.22 Å². The number of benzene rings is 3. The van der Waals surface area contributed by atoms with Crippen LogP contribution in [0.4, 0.5) is 0 Å². The van der Waals surface area contributed by atoms with Gasteiger partial charge >= 0.3 is 0 Å². The van der Waals surface area contributed by atoms with E-state index >= 15 is 0 Å². The van der Waals surface area contributed by atoms with Crippen molar-refractivity contribution in [1.82, 2.24) is 0 Å². The molecule has 2 atom stereocenters. The molecule has 3 aromatic rings. The number of hydrogen-bond donors (Lipinski definition) is 0. The number of nitro groups is 1. The maximum atomic E-state index is 11.9. The van der Waals surface area contributed by atoms with E-state index in [0.29, 0.717) is 0 Å². The van der Waals surface area contributed by atoms with Gasteiger partial charge in [0.05, 0.1) is 4.92 Å². The van der Waals surface area contributed by atoms with Crippen molar-refractivity contribution >= 4 is 32.7 Å². The fourth-order valence-electron chi connectivity index (χ4n) is 6.63. The van der Waals surface area contributed by atoms with Crippen molar-refractivity contribution in [3.05, 3.63) is 117 Å². The van der Waals surface area contributed by atoms with Crippen LogP contribution in [0.1, 0.15) is 19.4 Å². The molecule has 4 aliphatic rings. The van der Waals surface area contributed by atoms with Crippen molar-refractivity contribution in [3.8, 4) is 0 Å². The molecule has 7 rings (SSSR count). The van der Waals surface area contributed by atoms with Crippen LogP contribution >= 0.6 is 0 Å². The molecule has 3 aromatic carbocycles. The maximum absolute atomic E-state index is 11.9. The minimum Gasteiger partial charge on any atom is -0.258 e. The van der Waals surface area contributed by atoms with Gasteiger partial charge in [0, 0.05) is 22.5 Å². The van der Waals surface area contributed by atoms with Gasteiger partial charge in [0.2, 0.25) is 0 Å². The van der Waals surface area contributed by atoms with Gasteiger partial charge < -0.3 is 0 Å². The first-order valence-corrected chi connectivity index (χ1v) is 10.6. The van der Waals surface area contributed by atoms with Gasteiger partial charge in [-0.05, 0) is 56.0 Å².